The van der Waals surface area contributed by atoms with Crippen molar-refractivity contribution in [3.05, 3.63) is 47.5 Å². The van der Waals surface area contributed by atoms with Crippen LogP contribution in [0.25, 0.3) is 0 Å². The third-order valence-electron chi connectivity index (χ3n) is 2.28. The Morgan fingerprint density at radius 3 is 2.36 bits per heavy atom. The van der Waals surface area contributed by atoms with Gasteiger partial charge >= 0.3 is 0 Å². The zero-order valence-electron chi connectivity index (χ0n) is 8.84. The predicted molar refractivity (Wildman–Crippen MR) is 59.6 cm³/mol. The normalized spacial score (nSPS) is 9.86. The van der Waals surface area contributed by atoms with Crippen LogP contribution < -0.4 is 0 Å². The highest BCUT2D eigenvalue weighted by atomic mass is 16.1. The number of allylic oxidation sites excluding steroid dienone is 1. The fourth-order valence-electron chi connectivity index (χ4n) is 1.19. The van der Waals surface area contributed by atoms with E-state index in [1.165, 1.54) is 5.56 Å². The van der Waals surface area contributed by atoms with Crippen molar-refractivity contribution < 1.29 is 4.79 Å². The molecular formula is C13H16O. The first-order valence-corrected chi connectivity index (χ1v) is 4.90. The number of carbonyl (C=O) groups excluding carboxylic acids is 1. The summed E-state index contributed by atoms with van der Waals surface area (Å²) >= 11 is 0. The van der Waals surface area contributed by atoms with E-state index in [4.69, 9.17) is 0 Å². The molecule has 0 spiro atoms. The van der Waals surface area contributed by atoms with Crippen molar-refractivity contribution in [1.82, 2.24) is 0 Å². The van der Waals surface area contributed by atoms with Crippen LogP contribution in [0.5, 0.6) is 0 Å². The topological polar surface area (TPSA) is 17.1 Å². The summed E-state index contributed by atoms with van der Waals surface area (Å²) in [6.07, 6.45) is 1.34. The van der Waals surface area contributed by atoms with Crippen LogP contribution in [0.4, 0.5) is 0 Å². The van der Waals surface area contributed by atoms with Gasteiger partial charge in [0.25, 0.3) is 0 Å². The summed E-state index contributed by atoms with van der Waals surface area (Å²) in [6, 6.07) is 7.67. The van der Waals surface area contributed by atoms with Gasteiger partial charge in [0.1, 0.15) is 0 Å². The second-order valence-corrected chi connectivity index (χ2v) is 3.57. The van der Waals surface area contributed by atoms with Crippen LogP contribution in [-0.2, 0) is 0 Å². The number of ketones is 1. The molecule has 1 rings (SSSR count). The van der Waals surface area contributed by atoms with Crippen LogP contribution in [-0.4, -0.2) is 5.78 Å². The minimum Gasteiger partial charge on any atom is -0.294 e. The lowest BCUT2D eigenvalue weighted by molar-refractivity contribution is 0.0992. The van der Waals surface area contributed by atoms with E-state index in [0.717, 1.165) is 17.6 Å². The Labute approximate surface area is 85.5 Å². The van der Waals surface area contributed by atoms with Gasteiger partial charge < -0.3 is 0 Å². The molecule has 0 aliphatic rings. The Balaban J connectivity index is 2.70. The van der Waals surface area contributed by atoms with E-state index in [2.05, 4.69) is 6.58 Å². The van der Waals surface area contributed by atoms with Crippen molar-refractivity contribution in [2.24, 2.45) is 0 Å². The second-order valence-electron chi connectivity index (χ2n) is 3.57. The lowest BCUT2D eigenvalue weighted by Gasteiger charge is -2.02. The molecule has 0 atom stereocenters. The van der Waals surface area contributed by atoms with Gasteiger partial charge in [0, 0.05) is 12.0 Å². The number of rotatable bonds is 4. The third kappa shape index (κ3) is 2.84. The van der Waals surface area contributed by atoms with Gasteiger partial charge in [0.2, 0.25) is 0 Å². The monoisotopic (exact) mass is 188 g/mol. The molecule has 0 aliphatic carbocycles. The van der Waals surface area contributed by atoms with E-state index in [9.17, 15) is 4.79 Å². The highest BCUT2D eigenvalue weighted by molar-refractivity contribution is 5.97. The zero-order chi connectivity index (χ0) is 10.6. The van der Waals surface area contributed by atoms with Crippen molar-refractivity contribution >= 4 is 5.78 Å². The standard InChI is InChI=1S/C13H16O/c1-4-10(2)9-13(14)12-7-5-11(3)6-8-12/h5-8H,2,4,9H2,1,3H3. The first kappa shape index (κ1) is 10.7. The summed E-state index contributed by atoms with van der Waals surface area (Å²) in [5, 5.41) is 0. The van der Waals surface area contributed by atoms with Gasteiger partial charge in [0.15, 0.2) is 5.78 Å². The van der Waals surface area contributed by atoms with Crippen LogP contribution in [0.15, 0.2) is 36.4 Å². The molecule has 0 saturated heterocycles. The molecular weight excluding hydrogens is 172 g/mol. The van der Waals surface area contributed by atoms with E-state index < -0.39 is 0 Å². The lowest BCUT2D eigenvalue weighted by atomic mass is 10.0. The first-order chi connectivity index (χ1) is 6.63. The van der Waals surface area contributed by atoms with Crippen molar-refractivity contribution in [1.29, 1.82) is 0 Å². The maximum Gasteiger partial charge on any atom is 0.166 e. The van der Waals surface area contributed by atoms with Gasteiger partial charge in [-0.15, -0.1) is 0 Å². The SMILES string of the molecule is C=C(CC)CC(=O)c1ccc(C)cc1. The molecule has 74 valence electrons. The number of carbonyl (C=O) groups is 1. The minimum absolute atomic E-state index is 0.164. The maximum absolute atomic E-state index is 11.7. The molecule has 0 radical (unpaired) electrons. The largest absolute Gasteiger partial charge is 0.294 e. The molecule has 14 heavy (non-hydrogen) atoms. The van der Waals surface area contributed by atoms with Crippen LogP contribution in [0.2, 0.25) is 0 Å². The summed E-state index contributed by atoms with van der Waals surface area (Å²) < 4.78 is 0. The fourth-order valence-corrected chi connectivity index (χ4v) is 1.19. The van der Waals surface area contributed by atoms with Gasteiger partial charge in [-0.1, -0.05) is 48.9 Å². The Morgan fingerprint density at radius 2 is 1.86 bits per heavy atom. The molecule has 0 N–H and O–H groups in total. The Hall–Kier alpha value is -1.37. The molecule has 0 fully saturated rings. The van der Waals surface area contributed by atoms with Crippen LogP contribution in [0.1, 0.15) is 35.7 Å². The Morgan fingerprint density at radius 1 is 1.29 bits per heavy atom. The predicted octanol–water partition coefficient (Wildman–Crippen LogP) is 3.53. The molecule has 0 heterocycles. The average molecular weight is 188 g/mol. The van der Waals surface area contributed by atoms with E-state index in [0.29, 0.717) is 6.42 Å². The highest BCUT2D eigenvalue weighted by Crippen LogP contribution is 2.11. The quantitative estimate of drug-likeness (QED) is 0.521. The molecule has 0 aromatic heterocycles. The summed E-state index contributed by atoms with van der Waals surface area (Å²) in [7, 11) is 0. The van der Waals surface area contributed by atoms with Crippen LogP contribution in [0, 0.1) is 6.92 Å². The zero-order valence-corrected chi connectivity index (χ0v) is 8.84. The van der Waals surface area contributed by atoms with Crippen LogP contribution in [0.3, 0.4) is 0 Å². The highest BCUT2D eigenvalue weighted by Gasteiger charge is 2.05. The Bertz CT molecular complexity index is 333. The molecule has 1 aromatic rings. The molecule has 1 aromatic carbocycles. The number of benzene rings is 1. The van der Waals surface area contributed by atoms with E-state index in [-0.39, 0.29) is 5.78 Å². The van der Waals surface area contributed by atoms with Gasteiger partial charge in [-0.3, -0.25) is 4.79 Å². The molecule has 0 saturated carbocycles. The summed E-state index contributed by atoms with van der Waals surface area (Å²) in [4.78, 5) is 11.7. The minimum atomic E-state index is 0.164. The van der Waals surface area contributed by atoms with E-state index in [1.54, 1.807) is 0 Å². The summed E-state index contributed by atoms with van der Waals surface area (Å²) in [5.74, 6) is 0.164. The number of hydrogen-bond donors (Lipinski definition) is 0. The molecule has 0 bridgehead atoms. The van der Waals surface area contributed by atoms with Crippen molar-refractivity contribution in [2.75, 3.05) is 0 Å². The van der Waals surface area contributed by atoms with Gasteiger partial charge in [-0.2, -0.15) is 0 Å². The van der Waals surface area contributed by atoms with Gasteiger partial charge in [0.05, 0.1) is 0 Å². The number of Topliss-reactive ketones (excluding diaryl/α,β-unsaturated/α-hetero) is 1. The fraction of sp³-hybridized carbons (Fsp3) is 0.308. The number of aryl methyl sites for hydroxylation is 1. The maximum atomic E-state index is 11.7. The first-order valence-electron chi connectivity index (χ1n) is 4.90. The summed E-state index contributed by atoms with van der Waals surface area (Å²) in [5.41, 5.74) is 2.96. The molecule has 0 aliphatic heterocycles. The van der Waals surface area contributed by atoms with Crippen molar-refractivity contribution in [3.8, 4) is 0 Å². The Kier molecular flexibility index (Phi) is 3.63. The van der Waals surface area contributed by atoms with Gasteiger partial charge in [-0.05, 0) is 13.3 Å². The van der Waals surface area contributed by atoms with E-state index in [1.807, 2.05) is 38.1 Å². The average Bonchev–Trinajstić information content (AvgIpc) is 2.18. The molecule has 1 nitrogen and oxygen atoms in total. The second kappa shape index (κ2) is 4.75. The van der Waals surface area contributed by atoms with Crippen molar-refractivity contribution in [2.45, 2.75) is 26.7 Å². The molecule has 0 unspecified atom stereocenters. The lowest BCUT2D eigenvalue weighted by Crippen LogP contribution is -1.99. The van der Waals surface area contributed by atoms with Crippen LogP contribution >= 0.6 is 0 Å². The van der Waals surface area contributed by atoms with E-state index >= 15 is 0 Å². The molecule has 0 amide bonds. The summed E-state index contributed by atoms with van der Waals surface area (Å²) in [6.45, 7) is 7.87. The molecule has 1 heteroatoms. The van der Waals surface area contributed by atoms with Crippen molar-refractivity contribution in [3.63, 3.8) is 0 Å². The number of hydrogen-bond acceptors (Lipinski definition) is 1. The van der Waals surface area contributed by atoms with Gasteiger partial charge in [-0.25, -0.2) is 0 Å². The smallest absolute Gasteiger partial charge is 0.166 e. The third-order valence-corrected chi connectivity index (χ3v) is 2.28.